The SMILES string of the molecule is O[C@]1([C@@H]2CNCCO2)Nc2ccc1cc2. The molecule has 4 heteroatoms. The van der Waals surface area contributed by atoms with E-state index in [0.29, 0.717) is 13.2 Å². The molecule has 0 aromatic heterocycles. The summed E-state index contributed by atoms with van der Waals surface area (Å²) in [4.78, 5) is 0. The molecule has 4 nitrogen and oxygen atoms in total. The molecule has 3 aliphatic rings. The smallest absolute Gasteiger partial charge is 0.190 e. The Kier molecular flexibility index (Phi) is 1.95. The van der Waals surface area contributed by atoms with E-state index in [-0.39, 0.29) is 6.10 Å². The van der Waals surface area contributed by atoms with Crippen molar-refractivity contribution in [2.75, 3.05) is 25.0 Å². The van der Waals surface area contributed by atoms with E-state index in [1.54, 1.807) is 0 Å². The molecule has 2 bridgehead atoms. The molecule has 0 amide bonds. The molecule has 0 radical (unpaired) electrons. The van der Waals surface area contributed by atoms with E-state index in [4.69, 9.17) is 4.74 Å². The number of fused-ring (bicyclic) bond motifs is 3. The number of nitrogens with one attached hydrogen (secondary N) is 2. The summed E-state index contributed by atoms with van der Waals surface area (Å²) in [6.07, 6.45) is -0.230. The van der Waals surface area contributed by atoms with Crippen molar-refractivity contribution in [1.29, 1.82) is 0 Å². The van der Waals surface area contributed by atoms with Gasteiger partial charge >= 0.3 is 0 Å². The van der Waals surface area contributed by atoms with Crippen molar-refractivity contribution >= 4 is 5.69 Å². The first-order chi connectivity index (χ1) is 7.29. The van der Waals surface area contributed by atoms with Crippen molar-refractivity contribution in [3.63, 3.8) is 0 Å². The summed E-state index contributed by atoms with van der Waals surface area (Å²) in [6.45, 7) is 2.16. The number of aliphatic hydroxyl groups is 1. The lowest BCUT2D eigenvalue weighted by Gasteiger charge is -2.42. The first-order valence-corrected chi connectivity index (χ1v) is 5.22. The third kappa shape index (κ3) is 1.33. The zero-order valence-corrected chi connectivity index (χ0v) is 8.36. The predicted molar refractivity (Wildman–Crippen MR) is 56.6 cm³/mol. The summed E-state index contributed by atoms with van der Waals surface area (Å²) < 4.78 is 5.60. The second-order valence-electron chi connectivity index (χ2n) is 4.03. The van der Waals surface area contributed by atoms with E-state index < -0.39 is 5.72 Å². The minimum atomic E-state index is -1.06. The monoisotopic (exact) mass is 206 g/mol. The van der Waals surface area contributed by atoms with Gasteiger partial charge < -0.3 is 20.5 Å². The molecule has 1 aromatic rings. The van der Waals surface area contributed by atoms with Gasteiger partial charge in [-0.2, -0.15) is 0 Å². The molecule has 2 atom stereocenters. The molecule has 1 fully saturated rings. The lowest BCUT2D eigenvalue weighted by Crippen LogP contribution is -2.56. The largest absolute Gasteiger partial charge is 0.370 e. The molecule has 0 spiro atoms. The van der Waals surface area contributed by atoms with Crippen LogP contribution in [0.3, 0.4) is 0 Å². The van der Waals surface area contributed by atoms with Gasteiger partial charge in [0.2, 0.25) is 0 Å². The van der Waals surface area contributed by atoms with Gasteiger partial charge in [0.15, 0.2) is 5.72 Å². The molecule has 80 valence electrons. The van der Waals surface area contributed by atoms with Gasteiger partial charge in [0.25, 0.3) is 0 Å². The van der Waals surface area contributed by atoms with Crippen molar-refractivity contribution in [3.05, 3.63) is 29.8 Å². The van der Waals surface area contributed by atoms with Crippen LogP contribution in [0, 0.1) is 0 Å². The molecule has 15 heavy (non-hydrogen) atoms. The Morgan fingerprint density at radius 2 is 2.13 bits per heavy atom. The topological polar surface area (TPSA) is 53.5 Å². The van der Waals surface area contributed by atoms with Crippen LogP contribution >= 0.6 is 0 Å². The Labute approximate surface area is 88.3 Å². The molecule has 3 aliphatic heterocycles. The molecule has 1 aromatic carbocycles. The second kappa shape index (κ2) is 3.20. The summed E-state index contributed by atoms with van der Waals surface area (Å²) in [7, 11) is 0. The van der Waals surface area contributed by atoms with Gasteiger partial charge in [-0.3, -0.25) is 0 Å². The van der Waals surface area contributed by atoms with Gasteiger partial charge in [-0.1, -0.05) is 12.1 Å². The van der Waals surface area contributed by atoms with E-state index in [9.17, 15) is 5.11 Å². The van der Waals surface area contributed by atoms with Crippen LogP contribution in [0.1, 0.15) is 5.56 Å². The van der Waals surface area contributed by atoms with Gasteiger partial charge in [0.1, 0.15) is 6.10 Å². The van der Waals surface area contributed by atoms with Crippen LogP contribution in [0.5, 0.6) is 0 Å². The van der Waals surface area contributed by atoms with Crippen LogP contribution in [0.15, 0.2) is 24.3 Å². The van der Waals surface area contributed by atoms with E-state index in [1.165, 1.54) is 0 Å². The van der Waals surface area contributed by atoms with Gasteiger partial charge in [0.05, 0.1) is 6.61 Å². The number of benzene rings is 1. The third-order valence-corrected chi connectivity index (χ3v) is 3.05. The summed E-state index contributed by atoms with van der Waals surface area (Å²) in [5.74, 6) is 0. The van der Waals surface area contributed by atoms with Crippen molar-refractivity contribution in [1.82, 2.24) is 5.32 Å². The Hall–Kier alpha value is -1.10. The minimum absolute atomic E-state index is 0.230. The highest BCUT2D eigenvalue weighted by molar-refractivity contribution is 5.54. The maximum absolute atomic E-state index is 10.5. The molecule has 0 saturated carbocycles. The maximum atomic E-state index is 10.5. The van der Waals surface area contributed by atoms with Crippen LogP contribution in [0.2, 0.25) is 0 Å². The quantitative estimate of drug-likeness (QED) is 0.616. The molecule has 4 rings (SSSR count). The Morgan fingerprint density at radius 1 is 1.33 bits per heavy atom. The van der Waals surface area contributed by atoms with E-state index >= 15 is 0 Å². The number of ether oxygens (including phenoxy) is 1. The van der Waals surface area contributed by atoms with Crippen molar-refractivity contribution in [2.24, 2.45) is 0 Å². The second-order valence-corrected chi connectivity index (χ2v) is 4.03. The van der Waals surface area contributed by atoms with Gasteiger partial charge in [-0.05, 0) is 12.1 Å². The maximum Gasteiger partial charge on any atom is 0.190 e. The molecule has 1 saturated heterocycles. The Morgan fingerprint density at radius 3 is 2.67 bits per heavy atom. The van der Waals surface area contributed by atoms with Gasteiger partial charge in [-0.25, -0.2) is 0 Å². The summed E-state index contributed by atoms with van der Waals surface area (Å²) in [5.41, 5.74) is 0.736. The highest BCUT2D eigenvalue weighted by Gasteiger charge is 2.42. The van der Waals surface area contributed by atoms with Crippen molar-refractivity contribution in [2.45, 2.75) is 11.8 Å². The fraction of sp³-hybridized carbons (Fsp3) is 0.455. The van der Waals surface area contributed by atoms with Crippen LogP contribution in [0.4, 0.5) is 5.69 Å². The summed E-state index contributed by atoms with van der Waals surface area (Å²) in [5, 5.41) is 16.9. The normalized spacial score (nSPS) is 33.8. The highest BCUT2D eigenvalue weighted by atomic mass is 16.5. The molecule has 3 N–H and O–H groups in total. The number of morpholine rings is 1. The zero-order chi connectivity index (χ0) is 10.3. The fourth-order valence-electron chi connectivity index (χ4n) is 2.20. The predicted octanol–water partition coefficient (Wildman–Crippen LogP) is 0.246. The average Bonchev–Trinajstić information content (AvgIpc) is 2.31. The van der Waals surface area contributed by atoms with E-state index in [0.717, 1.165) is 17.8 Å². The number of hydrogen-bond acceptors (Lipinski definition) is 4. The standard InChI is InChI=1S/C11H14N2O2/c14-11(10-7-12-5-6-15-10)8-1-3-9(13-11)4-2-8/h1-4,10,12-14H,5-7H2/t10-,11+/m0/s1. The van der Waals surface area contributed by atoms with Gasteiger partial charge in [0, 0.05) is 24.3 Å². The molecule has 3 heterocycles. The number of rotatable bonds is 1. The Balaban J connectivity index is 1.92. The minimum Gasteiger partial charge on any atom is -0.370 e. The summed E-state index contributed by atoms with van der Waals surface area (Å²) in [6, 6.07) is 7.79. The number of hydrogen-bond donors (Lipinski definition) is 3. The molecular weight excluding hydrogens is 192 g/mol. The van der Waals surface area contributed by atoms with Crippen LogP contribution in [-0.4, -0.2) is 30.9 Å². The summed E-state index contributed by atoms with van der Waals surface area (Å²) >= 11 is 0. The third-order valence-electron chi connectivity index (χ3n) is 3.05. The van der Waals surface area contributed by atoms with Crippen LogP contribution in [0.25, 0.3) is 0 Å². The zero-order valence-electron chi connectivity index (χ0n) is 8.36. The lowest BCUT2D eigenvalue weighted by molar-refractivity contribution is -0.109. The molecule has 0 aliphatic carbocycles. The number of anilines is 1. The fourth-order valence-corrected chi connectivity index (χ4v) is 2.20. The first-order valence-electron chi connectivity index (χ1n) is 5.22. The first kappa shape index (κ1) is 9.15. The van der Waals surface area contributed by atoms with Crippen LogP contribution in [-0.2, 0) is 10.5 Å². The van der Waals surface area contributed by atoms with Gasteiger partial charge in [-0.15, -0.1) is 0 Å². The molecular formula is C11H14N2O2. The van der Waals surface area contributed by atoms with E-state index in [1.807, 2.05) is 24.3 Å². The van der Waals surface area contributed by atoms with Crippen molar-refractivity contribution in [3.8, 4) is 0 Å². The Bertz CT molecular complexity index is 359. The van der Waals surface area contributed by atoms with Crippen LogP contribution < -0.4 is 10.6 Å². The average molecular weight is 206 g/mol. The molecule has 0 unspecified atom stereocenters. The highest BCUT2D eigenvalue weighted by Crippen LogP contribution is 2.34. The van der Waals surface area contributed by atoms with Crippen molar-refractivity contribution < 1.29 is 9.84 Å². The lowest BCUT2D eigenvalue weighted by atomic mass is 9.91. The van der Waals surface area contributed by atoms with E-state index in [2.05, 4.69) is 10.6 Å².